The summed E-state index contributed by atoms with van der Waals surface area (Å²) in [4.78, 5) is 2.64. The first-order chi connectivity index (χ1) is 11.0. The molecule has 126 valence electrons. The van der Waals surface area contributed by atoms with Crippen LogP contribution in [0.4, 0.5) is 0 Å². The molecule has 0 N–H and O–H groups in total. The third-order valence-electron chi connectivity index (χ3n) is 4.49. The second-order valence-electron chi connectivity index (χ2n) is 6.39. The molecule has 0 aliphatic carbocycles. The molecule has 0 saturated carbocycles. The molecule has 0 aromatic carbocycles. The Bertz CT molecular complexity index is 677. The molecule has 0 fully saturated rings. The number of ether oxygens (including phenoxy) is 1. The largest absolute Gasteiger partial charge is 0.481 e. The van der Waals surface area contributed by atoms with Crippen LogP contribution in [-0.4, -0.2) is 0 Å². The standard InChI is InChI=1S/C18H22Br2OS2/c1-3-4-5-6-7-8-9-18(2)12-10-14(19)22-16(12)17-13(21-18)11-15(20)23-17/h10-11H,3-9H2,1-2H3. The van der Waals surface area contributed by atoms with E-state index in [0.29, 0.717) is 0 Å². The van der Waals surface area contributed by atoms with Crippen LogP contribution in [0.3, 0.4) is 0 Å². The Kier molecular flexibility index (Phi) is 5.93. The van der Waals surface area contributed by atoms with Crippen LogP contribution in [0.15, 0.2) is 19.7 Å². The van der Waals surface area contributed by atoms with E-state index in [-0.39, 0.29) is 5.60 Å². The number of unbranched alkanes of at least 4 members (excludes halogenated alkanes) is 5. The molecular formula is C18H22Br2OS2. The van der Waals surface area contributed by atoms with E-state index < -0.39 is 0 Å². The van der Waals surface area contributed by atoms with Gasteiger partial charge in [0, 0.05) is 11.6 Å². The summed E-state index contributed by atoms with van der Waals surface area (Å²) in [5, 5.41) is 0. The van der Waals surface area contributed by atoms with E-state index in [1.54, 1.807) is 11.3 Å². The molecule has 3 rings (SSSR count). The average Bonchev–Trinajstić information content (AvgIpc) is 3.05. The second kappa shape index (κ2) is 7.59. The van der Waals surface area contributed by atoms with E-state index in [9.17, 15) is 0 Å². The number of thiophene rings is 2. The molecule has 23 heavy (non-hydrogen) atoms. The molecule has 1 aliphatic heterocycles. The summed E-state index contributed by atoms with van der Waals surface area (Å²) in [5.41, 5.74) is 1.15. The van der Waals surface area contributed by atoms with Crippen molar-refractivity contribution in [3.05, 3.63) is 25.3 Å². The normalized spacial score (nSPS) is 19.3. The lowest BCUT2D eigenvalue weighted by atomic mass is 9.88. The van der Waals surface area contributed by atoms with Crippen LogP contribution < -0.4 is 4.74 Å². The predicted molar refractivity (Wildman–Crippen MR) is 109 cm³/mol. The summed E-state index contributed by atoms with van der Waals surface area (Å²) >= 11 is 10.9. The summed E-state index contributed by atoms with van der Waals surface area (Å²) in [6, 6.07) is 4.38. The van der Waals surface area contributed by atoms with Crippen molar-refractivity contribution in [3.63, 3.8) is 0 Å². The molecular weight excluding hydrogens is 456 g/mol. The maximum absolute atomic E-state index is 6.47. The summed E-state index contributed by atoms with van der Waals surface area (Å²) in [6.07, 6.45) is 9.00. The molecule has 2 aromatic heterocycles. The fraction of sp³-hybridized carbons (Fsp3) is 0.556. The highest BCUT2D eigenvalue weighted by Crippen LogP contribution is 2.55. The molecule has 5 heteroatoms. The Hall–Kier alpha value is 0.160. The van der Waals surface area contributed by atoms with E-state index >= 15 is 0 Å². The van der Waals surface area contributed by atoms with Crippen molar-refractivity contribution < 1.29 is 4.74 Å². The topological polar surface area (TPSA) is 9.23 Å². The van der Waals surface area contributed by atoms with Gasteiger partial charge in [0.25, 0.3) is 0 Å². The van der Waals surface area contributed by atoms with Crippen molar-refractivity contribution in [2.75, 3.05) is 0 Å². The van der Waals surface area contributed by atoms with Gasteiger partial charge >= 0.3 is 0 Å². The van der Waals surface area contributed by atoms with E-state index in [2.05, 4.69) is 57.8 Å². The highest BCUT2D eigenvalue weighted by molar-refractivity contribution is 9.11. The first kappa shape index (κ1) is 18.0. The van der Waals surface area contributed by atoms with E-state index in [0.717, 1.165) is 16.0 Å². The minimum Gasteiger partial charge on any atom is -0.481 e. The zero-order valence-corrected chi connectivity index (χ0v) is 18.4. The fourth-order valence-corrected chi connectivity index (χ4v) is 6.60. The zero-order chi connectivity index (χ0) is 16.4. The van der Waals surface area contributed by atoms with Crippen molar-refractivity contribution in [1.82, 2.24) is 0 Å². The van der Waals surface area contributed by atoms with Gasteiger partial charge in [-0.25, -0.2) is 0 Å². The lowest BCUT2D eigenvalue weighted by Crippen LogP contribution is -2.31. The van der Waals surface area contributed by atoms with Gasteiger partial charge < -0.3 is 4.74 Å². The zero-order valence-electron chi connectivity index (χ0n) is 13.6. The first-order valence-corrected chi connectivity index (χ1v) is 11.5. The maximum Gasteiger partial charge on any atom is 0.141 e. The molecule has 2 aromatic rings. The van der Waals surface area contributed by atoms with Gasteiger partial charge in [0.05, 0.1) is 17.3 Å². The van der Waals surface area contributed by atoms with Crippen LogP contribution in [0.25, 0.3) is 9.75 Å². The van der Waals surface area contributed by atoms with Gasteiger partial charge in [0.1, 0.15) is 11.4 Å². The third kappa shape index (κ3) is 3.88. The predicted octanol–water partition coefficient (Wildman–Crippen LogP) is 8.36. The van der Waals surface area contributed by atoms with Gasteiger partial charge in [-0.1, -0.05) is 39.0 Å². The van der Waals surface area contributed by atoms with Crippen LogP contribution >= 0.6 is 54.5 Å². The van der Waals surface area contributed by atoms with E-state index in [4.69, 9.17) is 4.74 Å². The van der Waals surface area contributed by atoms with Gasteiger partial charge in [-0.2, -0.15) is 0 Å². The van der Waals surface area contributed by atoms with Crippen LogP contribution in [0.5, 0.6) is 5.75 Å². The number of hydrogen-bond donors (Lipinski definition) is 0. The van der Waals surface area contributed by atoms with Crippen LogP contribution in [0.1, 0.15) is 64.4 Å². The lowest BCUT2D eigenvalue weighted by molar-refractivity contribution is 0.0722. The Morgan fingerprint density at radius 3 is 2.39 bits per heavy atom. The number of rotatable bonds is 7. The number of hydrogen-bond acceptors (Lipinski definition) is 3. The van der Waals surface area contributed by atoms with Crippen molar-refractivity contribution in [2.24, 2.45) is 0 Å². The first-order valence-electron chi connectivity index (χ1n) is 8.32. The quantitative estimate of drug-likeness (QED) is 0.364. The Balaban J connectivity index is 1.75. The average molecular weight is 478 g/mol. The molecule has 0 bridgehead atoms. The fourth-order valence-electron chi connectivity index (χ4n) is 3.23. The molecule has 1 nitrogen and oxygen atoms in total. The minimum atomic E-state index is -0.198. The lowest BCUT2D eigenvalue weighted by Gasteiger charge is -2.35. The van der Waals surface area contributed by atoms with E-state index in [1.165, 1.54) is 57.6 Å². The van der Waals surface area contributed by atoms with Gasteiger partial charge in [-0.05, 0) is 57.7 Å². The van der Waals surface area contributed by atoms with Crippen molar-refractivity contribution in [2.45, 2.75) is 64.4 Å². The molecule has 0 radical (unpaired) electrons. The molecule has 0 saturated heterocycles. The Morgan fingerprint density at radius 2 is 1.61 bits per heavy atom. The van der Waals surface area contributed by atoms with Gasteiger partial charge in [0.15, 0.2) is 0 Å². The second-order valence-corrected chi connectivity index (χ2v) is 11.3. The summed E-state index contributed by atoms with van der Waals surface area (Å²) in [5.74, 6) is 1.04. The van der Waals surface area contributed by atoms with Gasteiger partial charge in [-0.15, -0.1) is 22.7 Å². The smallest absolute Gasteiger partial charge is 0.141 e. The molecule has 1 unspecified atom stereocenters. The van der Waals surface area contributed by atoms with Crippen molar-refractivity contribution in [1.29, 1.82) is 0 Å². The van der Waals surface area contributed by atoms with Crippen molar-refractivity contribution >= 4 is 54.5 Å². The maximum atomic E-state index is 6.47. The summed E-state index contributed by atoms with van der Waals surface area (Å²) in [7, 11) is 0. The summed E-state index contributed by atoms with van der Waals surface area (Å²) in [6.45, 7) is 4.52. The van der Waals surface area contributed by atoms with E-state index in [1.807, 2.05) is 11.3 Å². The summed E-state index contributed by atoms with van der Waals surface area (Å²) < 4.78 is 8.81. The molecule has 1 aliphatic rings. The van der Waals surface area contributed by atoms with Crippen molar-refractivity contribution in [3.8, 4) is 15.5 Å². The van der Waals surface area contributed by atoms with Crippen LogP contribution in [0.2, 0.25) is 0 Å². The Morgan fingerprint density at radius 1 is 0.957 bits per heavy atom. The number of fused-ring (bicyclic) bond motifs is 3. The molecule has 1 atom stereocenters. The minimum absolute atomic E-state index is 0.198. The molecule has 0 amide bonds. The highest BCUT2D eigenvalue weighted by atomic mass is 79.9. The number of halogens is 2. The van der Waals surface area contributed by atoms with Crippen LogP contribution in [0, 0.1) is 0 Å². The monoisotopic (exact) mass is 476 g/mol. The van der Waals surface area contributed by atoms with Crippen LogP contribution in [-0.2, 0) is 5.60 Å². The van der Waals surface area contributed by atoms with Gasteiger partial charge in [-0.3, -0.25) is 0 Å². The molecule has 0 spiro atoms. The Labute approximate surface area is 163 Å². The SMILES string of the molecule is CCCCCCCCC1(C)Oc2cc(Br)sc2-c2sc(Br)cc21. The third-order valence-corrected chi connectivity index (χ3v) is 7.91. The molecule has 3 heterocycles. The highest BCUT2D eigenvalue weighted by Gasteiger charge is 2.39. The van der Waals surface area contributed by atoms with Gasteiger partial charge in [0.2, 0.25) is 0 Å².